The third-order valence-electron chi connectivity index (χ3n) is 4.35. The molecule has 0 bridgehead atoms. The van der Waals surface area contributed by atoms with Gasteiger partial charge in [0, 0.05) is 12.5 Å². The van der Waals surface area contributed by atoms with Crippen LogP contribution in [0.4, 0.5) is 0 Å². The average Bonchev–Trinajstić information content (AvgIpc) is 3.18. The number of ether oxygens (including phenoxy) is 1. The highest BCUT2D eigenvalue weighted by atomic mass is 16.5. The van der Waals surface area contributed by atoms with Crippen LogP contribution in [0, 0.1) is 6.92 Å². The summed E-state index contributed by atoms with van der Waals surface area (Å²) in [4.78, 5) is 6.84. The molecule has 2 heterocycles. The lowest BCUT2D eigenvalue weighted by Crippen LogP contribution is -2.24. The molecule has 124 valence electrons. The van der Waals surface area contributed by atoms with Gasteiger partial charge in [-0.2, -0.15) is 4.98 Å². The lowest BCUT2D eigenvalue weighted by Gasteiger charge is -2.24. The van der Waals surface area contributed by atoms with E-state index in [0.717, 1.165) is 31.0 Å². The molecule has 1 aromatic carbocycles. The van der Waals surface area contributed by atoms with Gasteiger partial charge < -0.3 is 9.26 Å². The topological polar surface area (TPSA) is 51.4 Å². The molecule has 2 aromatic rings. The van der Waals surface area contributed by atoms with Crippen molar-refractivity contribution < 1.29 is 9.26 Å². The molecule has 1 fully saturated rings. The van der Waals surface area contributed by atoms with Gasteiger partial charge >= 0.3 is 0 Å². The van der Waals surface area contributed by atoms with Gasteiger partial charge in [-0.3, -0.25) is 4.90 Å². The fourth-order valence-electron chi connectivity index (χ4n) is 3.30. The van der Waals surface area contributed by atoms with Crippen LogP contribution >= 0.6 is 0 Å². The van der Waals surface area contributed by atoms with Gasteiger partial charge in [0.1, 0.15) is 5.75 Å². The van der Waals surface area contributed by atoms with Crippen LogP contribution in [0.25, 0.3) is 0 Å². The van der Waals surface area contributed by atoms with Crippen molar-refractivity contribution in [2.24, 2.45) is 0 Å². The van der Waals surface area contributed by atoms with Gasteiger partial charge in [-0.25, -0.2) is 0 Å². The first kappa shape index (κ1) is 16.0. The van der Waals surface area contributed by atoms with E-state index in [0.29, 0.717) is 18.5 Å². The van der Waals surface area contributed by atoms with Crippen LogP contribution in [0.2, 0.25) is 0 Å². The first-order chi connectivity index (χ1) is 11.3. The number of likely N-dealkylation sites (tertiary alicyclic amines) is 1. The maximum absolute atomic E-state index is 5.53. The van der Waals surface area contributed by atoms with Crippen LogP contribution in [0.5, 0.6) is 5.75 Å². The number of hydrogen-bond donors (Lipinski definition) is 0. The number of aromatic nitrogens is 2. The molecule has 5 nitrogen and oxygen atoms in total. The molecule has 1 saturated heterocycles. The Hall–Kier alpha value is -1.88. The largest absolute Gasteiger partial charge is 0.494 e. The van der Waals surface area contributed by atoms with Crippen molar-refractivity contribution in [3.8, 4) is 5.75 Å². The van der Waals surface area contributed by atoms with Crippen LogP contribution in [0.1, 0.15) is 49.5 Å². The molecule has 0 N–H and O–H groups in total. The van der Waals surface area contributed by atoms with Crippen molar-refractivity contribution in [2.75, 3.05) is 19.7 Å². The summed E-state index contributed by atoms with van der Waals surface area (Å²) in [5.74, 6) is 2.42. The molecule has 0 radical (unpaired) electrons. The summed E-state index contributed by atoms with van der Waals surface area (Å²) < 4.78 is 10.7. The number of benzene rings is 1. The third kappa shape index (κ3) is 4.10. The van der Waals surface area contributed by atoms with E-state index in [1.54, 1.807) is 0 Å². The molecule has 23 heavy (non-hydrogen) atoms. The van der Waals surface area contributed by atoms with Crippen molar-refractivity contribution in [1.82, 2.24) is 15.0 Å². The normalized spacial score (nSPS) is 18.4. The van der Waals surface area contributed by atoms with Crippen LogP contribution in [0.3, 0.4) is 0 Å². The first-order valence-corrected chi connectivity index (χ1v) is 8.52. The Labute approximate surface area is 137 Å². The van der Waals surface area contributed by atoms with E-state index >= 15 is 0 Å². The summed E-state index contributed by atoms with van der Waals surface area (Å²) in [7, 11) is 0. The molecule has 0 aliphatic carbocycles. The predicted molar refractivity (Wildman–Crippen MR) is 88.5 cm³/mol. The van der Waals surface area contributed by atoms with E-state index in [2.05, 4.69) is 39.3 Å². The van der Waals surface area contributed by atoms with E-state index in [1.807, 2.05) is 13.8 Å². The van der Waals surface area contributed by atoms with Crippen molar-refractivity contribution >= 4 is 0 Å². The minimum atomic E-state index is 0.523. The standard InChI is InChI=1S/C18H25N3O2/c1-3-22-16-10-8-15(9-11-16)17-6-4-12-21(17)13-5-7-18-19-14(2)20-23-18/h8-11,17H,3-7,12-13H2,1-2H3/t17-/m1/s1. The van der Waals surface area contributed by atoms with E-state index < -0.39 is 0 Å². The minimum absolute atomic E-state index is 0.523. The van der Waals surface area contributed by atoms with Gasteiger partial charge in [0.05, 0.1) is 6.61 Å². The Morgan fingerprint density at radius 2 is 2.13 bits per heavy atom. The molecule has 0 saturated carbocycles. The maximum Gasteiger partial charge on any atom is 0.226 e. The van der Waals surface area contributed by atoms with Crippen LogP contribution in [0.15, 0.2) is 28.8 Å². The molecule has 1 aromatic heterocycles. The van der Waals surface area contributed by atoms with Gasteiger partial charge in [-0.05, 0) is 63.9 Å². The van der Waals surface area contributed by atoms with Crippen molar-refractivity contribution in [1.29, 1.82) is 0 Å². The number of hydrogen-bond acceptors (Lipinski definition) is 5. The summed E-state index contributed by atoms with van der Waals surface area (Å²) >= 11 is 0. The van der Waals surface area contributed by atoms with Gasteiger partial charge in [-0.15, -0.1) is 0 Å². The Morgan fingerprint density at radius 3 is 2.83 bits per heavy atom. The SMILES string of the molecule is CCOc1ccc([C@H]2CCCN2CCCc2nc(C)no2)cc1. The third-order valence-corrected chi connectivity index (χ3v) is 4.35. The molecule has 1 aliphatic heterocycles. The molecule has 0 spiro atoms. The maximum atomic E-state index is 5.53. The molecular formula is C18H25N3O2. The smallest absolute Gasteiger partial charge is 0.226 e. The Balaban J connectivity index is 1.54. The lowest BCUT2D eigenvalue weighted by molar-refractivity contribution is 0.249. The minimum Gasteiger partial charge on any atom is -0.494 e. The molecular weight excluding hydrogens is 290 g/mol. The van der Waals surface area contributed by atoms with Gasteiger partial charge in [0.2, 0.25) is 5.89 Å². The van der Waals surface area contributed by atoms with Gasteiger partial charge in [-0.1, -0.05) is 17.3 Å². The molecule has 0 unspecified atom stereocenters. The van der Waals surface area contributed by atoms with E-state index in [4.69, 9.17) is 9.26 Å². The highest BCUT2D eigenvalue weighted by Gasteiger charge is 2.25. The Bertz CT molecular complexity index is 609. The van der Waals surface area contributed by atoms with E-state index in [9.17, 15) is 0 Å². The van der Waals surface area contributed by atoms with Crippen LogP contribution < -0.4 is 4.74 Å². The van der Waals surface area contributed by atoms with Gasteiger partial charge in [0.25, 0.3) is 0 Å². The van der Waals surface area contributed by atoms with Crippen LogP contribution in [-0.2, 0) is 6.42 Å². The highest BCUT2D eigenvalue weighted by molar-refractivity contribution is 5.29. The molecule has 1 aliphatic rings. The molecule has 1 atom stereocenters. The zero-order valence-electron chi connectivity index (χ0n) is 14.0. The number of nitrogens with zero attached hydrogens (tertiary/aromatic N) is 3. The summed E-state index contributed by atoms with van der Waals surface area (Å²) in [5, 5.41) is 3.84. The zero-order chi connectivity index (χ0) is 16.1. The fourth-order valence-corrected chi connectivity index (χ4v) is 3.30. The second kappa shape index (κ2) is 7.59. The first-order valence-electron chi connectivity index (χ1n) is 8.52. The highest BCUT2D eigenvalue weighted by Crippen LogP contribution is 2.32. The monoisotopic (exact) mass is 315 g/mol. The summed E-state index contributed by atoms with van der Waals surface area (Å²) in [6.45, 7) is 6.82. The zero-order valence-corrected chi connectivity index (χ0v) is 14.0. The Morgan fingerprint density at radius 1 is 1.30 bits per heavy atom. The van der Waals surface area contributed by atoms with E-state index in [-0.39, 0.29) is 0 Å². The second-order valence-corrected chi connectivity index (χ2v) is 6.03. The van der Waals surface area contributed by atoms with E-state index in [1.165, 1.54) is 24.9 Å². The summed E-state index contributed by atoms with van der Waals surface area (Å²) in [6, 6.07) is 9.09. The lowest BCUT2D eigenvalue weighted by atomic mass is 10.0. The summed E-state index contributed by atoms with van der Waals surface area (Å²) in [6.07, 6.45) is 4.40. The van der Waals surface area contributed by atoms with Gasteiger partial charge in [0.15, 0.2) is 5.82 Å². The predicted octanol–water partition coefficient (Wildman–Crippen LogP) is 3.55. The molecule has 3 rings (SSSR count). The number of aryl methyl sites for hydroxylation is 2. The summed E-state index contributed by atoms with van der Waals surface area (Å²) in [5.41, 5.74) is 1.39. The molecule has 5 heteroatoms. The quantitative estimate of drug-likeness (QED) is 0.782. The average molecular weight is 315 g/mol. The Kier molecular flexibility index (Phi) is 5.28. The van der Waals surface area contributed by atoms with Crippen molar-refractivity contribution in [3.63, 3.8) is 0 Å². The molecule has 0 amide bonds. The number of rotatable bonds is 7. The van der Waals surface area contributed by atoms with Crippen molar-refractivity contribution in [3.05, 3.63) is 41.5 Å². The second-order valence-electron chi connectivity index (χ2n) is 6.03. The van der Waals surface area contributed by atoms with Crippen LogP contribution in [-0.4, -0.2) is 34.7 Å². The van der Waals surface area contributed by atoms with Crippen molar-refractivity contribution in [2.45, 2.75) is 45.6 Å². The fraction of sp³-hybridized carbons (Fsp3) is 0.556.